The maximum absolute atomic E-state index is 12.9. The molecule has 3 aromatic carbocycles. The van der Waals surface area contributed by atoms with E-state index in [2.05, 4.69) is 23.6 Å². The molecule has 1 fully saturated rings. The molecule has 6 heteroatoms. The first-order chi connectivity index (χ1) is 16.6. The van der Waals surface area contributed by atoms with Crippen LogP contribution in [0.5, 0.6) is 5.75 Å². The number of aliphatic hydroxyl groups excluding tert-OH is 1. The molecule has 2 unspecified atom stereocenters. The van der Waals surface area contributed by atoms with Crippen molar-refractivity contribution in [3.8, 4) is 5.75 Å². The van der Waals surface area contributed by atoms with Gasteiger partial charge in [0.15, 0.2) is 0 Å². The van der Waals surface area contributed by atoms with Crippen molar-refractivity contribution in [2.75, 3.05) is 18.1 Å². The molecule has 0 bridgehead atoms. The lowest BCUT2D eigenvalue weighted by molar-refractivity contribution is -0.117. The first-order valence-corrected chi connectivity index (χ1v) is 11.8. The summed E-state index contributed by atoms with van der Waals surface area (Å²) in [6.07, 6.45) is 0.651. The second-order valence-electron chi connectivity index (χ2n) is 8.77. The highest BCUT2D eigenvalue weighted by Gasteiger charge is 2.35. The molecular weight excluding hydrogens is 426 g/mol. The van der Waals surface area contributed by atoms with Crippen molar-refractivity contribution >= 4 is 22.6 Å². The van der Waals surface area contributed by atoms with Gasteiger partial charge in [0.05, 0.1) is 17.6 Å². The fourth-order valence-corrected chi connectivity index (χ4v) is 4.61. The molecule has 34 heavy (non-hydrogen) atoms. The Hall–Kier alpha value is -3.64. The number of fused-ring (bicyclic) bond motifs is 1. The van der Waals surface area contributed by atoms with Gasteiger partial charge in [-0.3, -0.25) is 4.79 Å². The van der Waals surface area contributed by atoms with E-state index in [9.17, 15) is 9.90 Å². The van der Waals surface area contributed by atoms with Crippen LogP contribution in [0.4, 0.5) is 5.69 Å². The van der Waals surface area contributed by atoms with Crippen molar-refractivity contribution in [1.82, 2.24) is 9.55 Å². The van der Waals surface area contributed by atoms with Crippen molar-refractivity contribution in [2.45, 2.75) is 38.3 Å². The molecule has 0 aliphatic carbocycles. The van der Waals surface area contributed by atoms with Gasteiger partial charge in [0.1, 0.15) is 24.3 Å². The lowest BCUT2D eigenvalue weighted by Gasteiger charge is -2.19. The third-order valence-corrected chi connectivity index (χ3v) is 6.41. The van der Waals surface area contributed by atoms with Crippen molar-refractivity contribution < 1.29 is 14.6 Å². The van der Waals surface area contributed by atoms with E-state index in [-0.39, 0.29) is 18.4 Å². The number of benzene rings is 3. The van der Waals surface area contributed by atoms with Gasteiger partial charge >= 0.3 is 0 Å². The van der Waals surface area contributed by atoms with E-state index in [1.165, 1.54) is 5.56 Å². The van der Waals surface area contributed by atoms with Crippen LogP contribution in [0, 0.1) is 0 Å². The zero-order valence-electron chi connectivity index (χ0n) is 19.3. The average molecular weight is 456 g/mol. The van der Waals surface area contributed by atoms with Gasteiger partial charge in [0, 0.05) is 24.6 Å². The van der Waals surface area contributed by atoms with Gasteiger partial charge in [-0.15, -0.1) is 0 Å². The summed E-state index contributed by atoms with van der Waals surface area (Å²) in [5.74, 6) is 1.61. The van der Waals surface area contributed by atoms with E-state index in [1.807, 2.05) is 71.6 Å². The molecule has 5 rings (SSSR count). The van der Waals surface area contributed by atoms with E-state index in [0.29, 0.717) is 19.5 Å². The van der Waals surface area contributed by atoms with Gasteiger partial charge in [-0.2, -0.15) is 0 Å². The molecule has 0 saturated carbocycles. The summed E-state index contributed by atoms with van der Waals surface area (Å²) in [4.78, 5) is 19.7. The highest BCUT2D eigenvalue weighted by Crippen LogP contribution is 2.33. The number of ether oxygens (including phenoxy) is 1. The lowest BCUT2D eigenvalue weighted by Crippen LogP contribution is -2.26. The number of aryl methyl sites for hydroxylation is 1. The molecule has 1 aliphatic heterocycles. The number of para-hydroxylation sites is 3. The van der Waals surface area contributed by atoms with Crippen molar-refractivity contribution in [1.29, 1.82) is 0 Å². The van der Waals surface area contributed by atoms with Gasteiger partial charge in [0.2, 0.25) is 5.91 Å². The Morgan fingerprint density at radius 3 is 2.53 bits per heavy atom. The summed E-state index contributed by atoms with van der Waals surface area (Å²) in [6, 6.07) is 25.6. The number of amides is 1. The first-order valence-electron chi connectivity index (χ1n) is 11.8. The minimum atomic E-state index is -0.716. The number of nitrogens with zero attached hydrogens (tertiary/aromatic N) is 3. The molecule has 4 aromatic rings. The number of aromatic nitrogens is 2. The van der Waals surface area contributed by atoms with Crippen LogP contribution in [-0.2, 0) is 17.8 Å². The average Bonchev–Trinajstić information content (AvgIpc) is 3.44. The third kappa shape index (κ3) is 4.54. The molecule has 174 valence electrons. The molecule has 0 spiro atoms. The maximum atomic E-state index is 12.9. The minimum absolute atomic E-state index is 0.0482. The number of carbonyl (C=O) groups is 1. The summed E-state index contributed by atoms with van der Waals surface area (Å²) in [5.41, 5.74) is 3.99. The Balaban J connectivity index is 1.37. The number of rotatable bonds is 8. The van der Waals surface area contributed by atoms with Gasteiger partial charge in [-0.1, -0.05) is 49.4 Å². The Labute approximate surface area is 199 Å². The molecule has 6 nitrogen and oxygen atoms in total. The summed E-state index contributed by atoms with van der Waals surface area (Å²) in [6.45, 7) is 3.22. The number of anilines is 1. The summed E-state index contributed by atoms with van der Waals surface area (Å²) in [5, 5.41) is 10.8. The normalized spacial score (nSPS) is 16.8. The van der Waals surface area contributed by atoms with Crippen molar-refractivity contribution in [2.24, 2.45) is 0 Å². The van der Waals surface area contributed by atoms with Gasteiger partial charge in [-0.25, -0.2) is 4.98 Å². The van der Waals surface area contributed by atoms with Crippen LogP contribution in [0.2, 0.25) is 0 Å². The van der Waals surface area contributed by atoms with E-state index < -0.39 is 6.10 Å². The van der Waals surface area contributed by atoms with Crippen LogP contribution in [0.25, 0.3) is 11.0 Å². The highest BCUT2D eigenvalue weighted by atomic mass is 16.5. The lowest BCUT2D eigenvalue weighted by atomic mass is 10.1. The number of imidazole rings is 1. The van der Waals surface area contributed by atoms with Crippen LogP contribution in [0.1, 0.15) is 30.7 Å². The summed E-state index contributed by atoms with van der Waals surface area (Å²) in [7, 11) is 0. The van der Waals surface area contributed by atoms with Crippen LogP contribution < -0.4 is 9.64 Å². The van der Waals surface area contributed by atoms with E-state index in [0.717, 1.165) is 34.7 Å². The number of hydrogen-bond acceptors (Lipinski definition) is 4. The zero-order valence-corrected chi connectivity index (χ0v) is 19.3. The minimum Gasteiger partial charge on any atom is -0.491 e. The summed E-state index contributed by atoms with van der Waals surface area (Å²) < 4.78 is 7.81. The number of aliphatic hydroxyl groups is 1. The number of carbonyl (C=O) groups excluding carboxylic acids is 1. The fourth-order valence-electron chi connectivity index (χ4n) is 4.61. The van der Waals surface area contributed by atoms with Crippen molar-refractivity contribution in [3.05, 3.63) is 90.3 Å². The van der Waals surface area contributed by atoms with Crippen LogP contribution in [-0.4, -0.2) is 39.8 Å². The number of hydrogen-bond donors (Lipinski definition) is 1. The maximum Gasteiger partial charge on any atom is 0.227 e. The third-order valence-electron chi connectivity index (χ3n) is 6.41. The topological polar surface area (TPSA) is 67.6 Å². The Morgan fingerprint density at radius 1 is 1.03 bits per heavy atom. The Morgan fingerprint density at radius 2 is 1.76 bits per heavy atom. The first kappa shape index (κ1) is 22.2. The van der Waals surface area contributed by atoms with Crippen molar-refractivity contribution in [3.63, 3.8) is 0 Å². The van der Waals surface area contributed by atoms with Crippen LogP contribution in [0.15, 0.2) is 78.9 Å². The van der Waals surface area contributed by atoms with Crippen LogP contribution >= 0.6 is 0 Å². The van der Waals surface area contributed by atoms with E-state index in [1.54, 1.807) is 0 Å². The molecule has 1 saturated heterocycles. The largest absolute Gasteiger partial charge is 0.491 e. The molecule has 2 atom stereocenters. The van der Waals surface area contributed by atoms with Crippen LogP contribution in [0.3, 0.4) is 0 Å². The van der Waals surface area contributed by atoms with Gasteiger partial charge in [-0.05, 0) is 48.4 Å². The second-order valence-corrected chi connectivity index (χ2v) is 8.77. The molecule has 0 radical (unpaired) electrons. The fraction of sp³-hybridized carbons (Fsp3) is 0.286. The summed E-state index contributed by atoms with van der Waals surface area (Å²) >= 11 is 0. The highest BCUT2D eigenvalue weighted by molar-refractivity contribution is 5.96. The van der Waals surface area contributed by atoms with Gasteiger partial charge < -0.3 is 19.3 Å². The molecule has 1 aromatic heterocycles. The predicted molar refractivity (Wildman–Crippen MR) is 133 cm³/mol. The molecule has 1 N–H and O–H groups in total. The standard InChI is InChI=1S/C28H29N3O3/c1-2-20-12-14-22(15-13-20)30-17-21(16-27(30)33)28-29-25-10-6-7-11-26(25)31(28)18-23(32)19-34-24-8-4-3-5-9-24/h3-15,21,23,32H,2,16-19H2,1H3. The molecule has 1 aliphatic rings. The SMILES string of the molecule is CCc1ccc(N2CC(c3nc4ccccc4n3CC(O)COc3ccccc3)CC2=O)cc1. The Kier molecular flexibility index (Phi) is 6.32. The van der Waals surface area contributed by atoms with E-state index >= 15 is 0 Å². The quantitative estimate of drug-likeness (QED) is 0.423. The smallest absolute Gasteiger partial charge is 0.227 e. The second kappa shape index (κ2) is 9.69. The molecule has 2 heterocycles. The zero-order chi connectivity index (χ0) is 23.5. The predicted octanol–water partition coefficient (Wildman–Crippen LogP) is 4.56. The van der Waals surface area contributed by atoms with E-state index in [4.69, 9.17) is 9.72 Å². The molecular formula is C28H29N3O3. The Bertz CT molecular complexity index is 1270. The van der Waals surface area contributed by atoms with Gasteiger partial charge in [0.25, 0.3) is 0 Å². The monoisotopic (exact) mass is 455 g/mol. The molecule has 1 amide bonds.